The van der Waals surface area contributed by atoms with Crippen LogP contribution in [0.3, 0.4) is 0 Å². The third kappa shape index (κ3) is 5.98. The van der Waals surface area contributed by atoms with Crippen molar-refractivity contribution in [3.8, 4) is 5.75 Å². The van der Waals surface area contributed by atoms with Crippen molar-refractivity contribution in [2.75, 3.05) is 53.0 Å². The molecular formula is C17H27FN4O2. The highest BCUT2D eigenvalue weighted by Gasteiger charge is 2.09. The first kappa shape index (κ1) is 18.5. The second-order valence-electron chi connectivity index (χ2n) is 5.54. The van der Waals surface area contributed by atoms with Gasteiger partial charge < -0.3 is 20.1 Å². The van der Waals surface area contributed by atoms with Gasteiger partial charge in [-0.3, -0.25) is 4.90 Å². The van der Waals surface area contributed by atoms with Crippen LogP contribution < -0.4 is 15.4 Å². The molecule has 0 aliphatic carbocycles. The van der Waals surface area contributed by atoms with Crippen molar-refractivity contribution in [2.24, 2.45) is 4.99 Å². The molecule has 1 aliphatic heterocycles. The van der Waals surface area contributed by atoms with E-state index in [0.29, 0.717) is 6.54 Å². The molecule has 0 bridgehead atoms. The molecule has 1 aromatic rings. The Hall–Kier alpha value is -1.86. The molecule has 24 heavy (non-hydrogen) atoms. The van der Waals surface area contributed by atoms with E-state index >= 15 is 0 Å². The van der Waals surface area contributed by atoms with Crippen molar-refractivity contribution in [3.05, 3.63) is 29.6 Å². The minimum atomic E-state index is -0.365. The maximum Gasteiger partial charge on any atom is 0.191 e. The fraction of sp³-hybridized carbons (Fsp3) is 0.588. The fourth-order valence-corrected chi connectivity index (χ4v) is 2.48. The Balaban J connectivity index is 1.84. The van der Waals surface area contributed by atoms with Gasteiger partial charge in [0, 0.05) is 32.7 Å². The molecule has 2 rings (SSSR count). The molecule has 134 valence electrons. The van der Waals surface area contributed by atoms with Gasteiger partial charge in [0.05, 0.1) is 26.9 Å². The van der Waals surface area contributed by atoms with Crippen LogP contribution >= 0.6 is 0 Å². The summed E-state index contributed by atoms with van der Waals surface area (Å²) in [5.74, 6) is 0.621. The molecule has 0 amide bonds. The number of rotatable bonds is 7. The summed E-state index contributed by atoms with van der Waals surface area (Å²) >= 11 is 0. The van der Waals surface area contributed by atoms with E-state index in [-0.39, 0.29) is 11.6 Å². The van der Waals surface area contributed by atoms with Gasteiger partial charge in [0.2, 0.25) is 0 Å². The maximum atomic E-state index is 13.7. The molecule has 7 heteroatoms. The number of benzene rings is 1. The number of nitrogens with one attached hydrogen (secondary N) is 2. The van der Waals surface area contributed by atoms with Crippen LogP contribution in [0.4, 0.5) is 4.39 Å². The Morgan fingerprint density at radius 2 is 2.12 bits per heavy atom. The van der Waals surface area contributed by atoms with E-state index in [0.717, 1.165) is 57.5 Å². The normalized spacial score (nSPS) is 16.0. The SMILES string of the molecule is CCNC(=NCc1ccc(OC)c(F)c1)NCCN1CCOCC1. The zero-order valence-electron chi connectivity index (χ0n) is 14.5. The molecule has 1 aromatic carbocycles. The number of ether oxygens (including phenoxy) is 2. The third-order valence-electron chi connectivity index (χ3n) is 3.80. The predicted octanol–water partition coefficient (Wildman–Crippen LogP) is 1.22. The van der Waals surface area contributed by atoms with Crippen LogP contribution in [0.15, 0.2) is 23.2 Å². The van der Waals surface area contributed by atoms with Crippen molar-refractivity contribution in [1.29, 1.82) is 0 Å². The number of guanidine groups is 1. The van der Waals surface area contributed by atoms with Gasteiger partial charge in [0.15, 0.2) is 17.5 Å². The van der Waals surface area contributed by atoms with E-state index in [9.17, 15) is 4.39 Å². The smallest absolute Gasteiger partial charge is 0.191 e. The molecule has 0 unspecified atom stereocenters. The van der Waals surface area contributed by atoms with E-state index in [1.165, 1.54) is 13.2 Å². The Morgan fingerprint density at radius 3 is 2.79 bits per heavy atom. The van der Waals surface area contributed by atoms with Crippen molar-refractivity contribution >= 4 is 5.96 Å². The van der Waals surface area contributed by atoms with Crippen LogP contribution in [-0.4, -0.2) is 63.9 Å². The van der Waals surface area contributed by atoms with Crippen LogP contribution in [0, 0.1) is 5.82 Å². The number of aliphatic imine (C=N–C) groups is 1. The molecule has 1 heterocycles. The van der Waals surface area contributed by atoms with E-state index in [4.69, 9.17) is 9.47 Å². The lowest BCUT2D eigenvalue weighted by Crippen LogP contribution is -2.44. The monoisotopic (exact) mass is 338 g/mol. The lowest BCUT2D eigenvalue weighted by atomic mass is 10.2. The summed E-state index contributed by atoms with van der Waals surface area (Å²) in [5.41, 5.74) is 0.804. The first-order valence-corrected chi connectivity index (χ1v) is 8.37. The quantitative estimate of drug-likeness (QED) is 0.578. The average Bonchev–Trinajstić information content (AvgIpc) is 2.60. The number of hydrogen-bond acceptors (Lipinski definition) is 4. The standard InChI is InChI=1S/C17H27FN4O2/c1-3-19-17(20-6-7-22-8-10-24-11-9-22)21-13-14-4-5-16(23-2)15(18)12-14/h4-5,12H,3,6-11,13H2,1-2H3,(H2,19,20,21). The largest absolute Gasteiger partial charge is 0.494 e. The molecule has 0 radical (unpaired) electrons. The number of morpholine rings is 1. The van der Waals surface area contributed by atoms with Gasteiger partial charge in [-0.15, -0.1) is 0 Å². The van der Waals surface area contributed by atoms with Gasteiger partial charge in [0.1, 0.15) is 0 Å². The van der Waals surface area contributed by atoms with Crippen LogP contribution in [0.2, 0.25) is 0 Å². The van der Waals surface area contributed by atoms with Gasteiger partial charge in [-0.05, 0) is 24.6 Å². The molecule has 1 aliphatic rings. The van der Waals surface area contributed by atoms with E-state index in [2.05, 4.69) is 20.5 Å². The molecule has 0 atom stereocenters. The van der Waals surface area contributed by atoms with Crippen molar-refractivity contribution in [1.82, 2.24) is 15.5 Å². The van der Waals surface area contributed by atoms with E-state index in [1.54, 1.807) is 6.07 Å². The van der Waals surface area contributed by atoms with Gasteiger partial charge in [-0.1, -0.05) is 6.07 Å². The van der Waals surface area contributed by atoms with Crippen LogP contribution in [0.25, 0.3) is 0 Å². The van der Waals surface area contributed by atoms with Crippen molar-refractivity contribution in [2.45, 2.75) is 13.5 Å². The average molecular weight is 338 g/mol. The number of hydrogen-bond donors (Lipinski definition) is 2. The maximum absolute atomic E-state index is 13.7. The Labute approximate surface area is 143 Å². The summed E-state index contributed by atoms with van der Waals surface area (Å²) in [6, 6.07) is 4.90. The van der Waals surface area contributed by atoms with Crippen LogP contribution in [-0.2, 0) is 11.3 Å². The molecule has 0 aromatic heterocycles. The minimum Gasteiger partial charge on any atom is -0.494 e. The van der Waals surface area contributed by atoms with E-state index < -0.39 is 0 Å². The Kier molecular flexibility index (Phi) is 7.77. The zero-order chi connectivity index (χ0) is 17.2. The minimum absolute atomic E-state index is 0.248. The van der Waals surface area contributed by atoms with Gasteiger partial charge in [-0.25, -0.2) is 9.38 Å². The summed E-state index contributed by atoms with van der Waals surface area (Å²) < 4.78 is 24.0. The number of nitrogens with zero attached hydrogens (tertiary/aromatic N) is 2. The second kappa shape index (κ2) is 10.1. The molecule has 2 N–H and O–H groups in total. The number of halogens is 1. The lowest BCUT2D eigenvalue weighted by Gasteiger charge is -2.26. The Morgan fingerprint density at radius 1 is 1.33 bits per heavy atom. The summed E-state index contributed by atoms with van der Waals surface area (Å²) in [4.78, 5) is 6.87. The summed E-state index contributed by atoms with van der Waals surface area (Å²) in [6.07, 6.45) is 0. The highest BCUT2D eigenvalue weighted by Crippen LogP contribution is 2.17. The van der Waals surface area contributed by atoms with Crippen molar-refractivity contribution in [3.63, 3.8) is 0 Å². The first-order valence-electron chi connectivity index (χ1n) is 8.37. The zero-order valence-corrected chi connectivity index (χ0v) is 14.5. The van der Waals surface area contributed by atoms with Gasteiger partial charge >= 0.3 is 0 Å². The summed E-state index contributed by atoms with van der Waals surface area (Å²) in [5, 5.41) is 6.52. The van der Waals surface area contributed by atoms with Crippen molar-refractivity contribution < 1.29 is 13.9 Å². The topological polar surface area (TPSA) is 58.1 Å². The molecule has 1 saturated heterocycles. The fourth-order valence-electron chi connectivity index (χ4n) is 2.48. The number of methoxy groups -OCH3 is 1. The molecular weight excluding hydrogens is 311 g/mol. The summed E-state index contributed by atoms with van der Waals surface area (Å²) in [7, 11) is 1.46. The van der Waals surface area contributed by atoms with Gasteiger partial charge in [-0.2, -0.15) is 0 Å². The predicted molar refractivity (Wildman–Crippen MR) is 93.0 cm³/mol. The second-order valence-corrected chi connectivity index (χ2v) is 5.54. The van der Waals surface area contributed by atoms with E-state index in [1.807, 2.05) is 13.0 Å². The molecule has 1 fully saturated rings. The highest BCUT2D eigenvalue weighted by molar-refractivity contribution is 5.79. The molecule has 0 saturated carbocycles. The lowest BCUT2D eigenvalue weighted by molar-refractivity contribution is 0.0389. The van der Waals surface area contributed by atoms with Gasteiger partial charge in [0.25, 0.3) is 0 Å². The third-order valence-corrected chi connectivity index (χ3v) is 3.80. The first-order chi connectivity index (χ1) is 11.7. The Bertz CT molecular complexity index is 533. The summed E-state index contributed by atoms with van der Waals surface area (Å²) in [6.45, 7) is 8.52. The molecule has 0 spiro atoms. The van der Waals surface area contributed by atoms with Crippen LogP contribution in [0.5, 0.6) is 5.75 Å². The molecule has 6 nitrogen and oxygen atoms in total. The van der Waals surface area contributed by atoms with Crippen LogP contribution in [0.1, 0.15) is 12.5 Å². The highest BCUT2D eigenvalue weighted by atomic mass is 19.1.